The summed E-state index contributed by atoms with van der Waals surface area (Å²) in [6, 6.07) is 12.7. The van der Waals surface area contributed by atoms with Crippen LogP contribution in [0.2, 0.25) is 0 Å². The molecule has 0 fully saturated rings. The molecule has 142 valence electrons. The molecule has 0 amide bonds. The Hall–Kier alpha value is -2.69. The molecule has 5 heteroatoms. The topological polar surface area (TPSA) is 6.48 Å². The molecule has 0 saturated carbocycles. The minimum atomic E-state index is -4.47. The normalized spacial score (nSPS) is 14.5. The molecule has 0 spiro atoms. The summed E-state index contributed by atoms with van der Waals surface area (Å²) in [4.78, 5) is 3.55. The van der Waals surface area contributed by atoms with Gasteiger partial charge in [-0.1, -0.05) is 36.4 Å². The van der Waals surface area contributed by atoms with E-state index in [1.165, 1.54) is 0 Å². The van der Waals surface area contributed by atoms with Gasteiger partial charge in [-0.2, -0.15) is 13.2 Å². The number of halogens is 3. The van der Waals surface area contributed by atoms with Gasteiger partial charge in [-0.3, -0.25) is 0 Å². The lowest BCUT2D eigenvalue weighted by molar-refractivity contribution is -0.0694. The Kier molecular flexibility index (Phi) is 4.81. The Balaban J connectivity index is 2.25. The molecular formula is C22H23F3N2. The van der Waals surface area contributed by atoms with E-state index in [2.05, 4.69) is 6.58 Å². The largest absolute Gasteiger partial charge is 0.417 e. The van der Waals surface area contributed by atoms with Crippen molar-refractivity contribution in [2.24, 2.45) is 0 Å². The van der Waals surface area contributed by atoms with E-state index >= 15 is 0 Å². The third-order valence-electron chi connectivity index (χ3n) is 4.93. The molecule has 1 heterocycles. The molecule has 1 aliphatic rings. The van der Waals surface area contributed by atoms with Crippen LogP contribution in [0.15, 0.2) is 60.3 Å². The van der Waals surface area contributed by atoms with Crippen molar-refractivity contribution in [3.05, 3.63) is 77.0 Å². The second kappa shape index (κ2) is 6.80. The van der Waals surface area contributed by atoms with Crippen molar-refractivity contribution in [3.8, 4) is 0 Å². The van der Waals surface area contributed by atoms with Crippen LogP contribution < -0.4 is 9.80 Å². The summed E-state index contributed by atoms with van der Waals surface area (Å²) in [5.74, 6) is 0. The highest BCUT2D eigenvalue weighted by atomic mass is 19.4. The van der Waals surface area contributed by atoms with Crippen molar-refractivity contribution >= 4 is 16.9 Å². The Labute approximate surface area is 158 Å². The van der Waals surface area contributed by atoms with Gasteiger partial charge >= 0.3 is 6.18 Å². The fraction of sp³-hybridized carbons (Fsp3) is 0.273. The van der Waals surface area contributed by atoms with Crippen LogP contribution >= 0.6 is 0 Å². The average molecular weight is 372 g/mol. The summed E-state index contributed by atoms with van der Waals surface area (Å²) in [7, 11) is 5.40. The first-order valence-electron chi connectivity index (χ1n) is 8.70. The van der Waals surface area contributed by atoms with Crippen LogP contribution in [0.1, 0.15) is 16.7 Å². The van der Waals surface area contributed by atoms with Gasteiger partial charge in [-0.15, -0.1) is 0 Å². The van der Waals surface area contributed by atoms with Crippen molar-refractivity contribution < 1.29 is 13.2 Å². The number of fused-ring (bicyclic) bond motifs is 1. The molecule has 0 N–H and O–H groups in total. The van der Waals surface area contributed by atoms with E-state index in [4.69, 9.17) is 0 Å². The van der Waals surface area contributed by atoms with Crippen LogP contribution in [0, 0.1) is 6.92 Å². The number of rotatable bonds is 3. The van der Waals surface area contributed by atoms with Crippen LogP contribution in [0.4, 0.5) is 24.5 Å². The van der Waals surface area contributed by atoms with Crippen LogP contribution in [0.25, 0.3) is 5.57 Å². The van der Waals surface area contributed by atoms with Gasteiger partial charge in [0.2, 0.25) is 0 Å². The van der Waals surface area contributed by atoms with Gasteiger partial charge in [-0.05, 0) is 36.3 Å². The second-order valence-corrected chi connectivity index (χ2v) is 7.12. The van der Waals surface area contributed by atoms with Crippen molar-refractivity contribution in [2.75, 3.05) is 30.9 Å². The zero-order valence-electron chi connectivity index (χ0n) is 16.0. The molecule has 0 atom stereocenters. The first kappa shape index (κ1) is 19.1. The van der Waals surface area contributed by atoms with Crippen LogP contribution in [0.5, 0.6) is 0 Å². The number of aryl methyl sites for hydroxylation is 1. The molecule has 3 rings (SSSR count). The third kappa shape index (κ3) is 3.59. The fourth-order valence-electron chi connectivity index (χ4n) is 3.49. The number of hydrogen-bond donors (Lipinski definition) is 0. The Morgan fingerprint density at radius 1 is 1.07 bits per heavy atom. The average Bonchev–Trinajstić information content (AvgIpc) is 2.58. The Morgan fingerprint density at radius 3 is 2.37 bits per heavy atom. The number of alkyl halides is 3. The molecule has 2 nitrogen and oxygen atoms in total. The van der Waals surface area contributed by atoms with Crippen molar-refractivity contribution in [1.82, 2.24) is 0 Å². The van der Waals surface area contributed by atoms with Gasteiger partial charge in [0.25, 0.3) is 0 Å². The second-order valence-electron chi connectivity index (χ2n) is 7.12. The molecule has 0 radical (unpaired) electrons. The van der Waals surface area contributed by atoms with Gasteiger partial charge in [-0.25, -0.2) is 0 Å². The standard InChI is InChI=1S/C22H23F3N2/c1-14-7-6-8-16(11-14)12-18-15(2)27(5)20-10-9-17(26(3)4)13-19(20)21(18)22(23,24)25/h6-11,13H,2,12H2,1,3-5H3. The van der Waals surface area contributed by atoms with Crippen molar-refractivity contribution in [3.63, 3.8) is 0 Å². The molecule has 0 bridgehead atoms. The van der Waals surface area contributed by atoms with Crippen LogP contribution in [-0.4, -0.2) is 27.3 Å². The number of allylic oxidation sites excluding steroid dienone is 2. The van der Waals surface area contributed by atoms with Gasteiger partial charge in [0.05, 0.1) is 5.57 Å². The van der Waals surface area contributed by atoms with Gasteiger partial charge in [0.1, 0.15) is 0 Å². The maximum Gasteiger partial charge on any atom is 0.417 e. The summed E-state index contributed by atoms with van der Waals surface area (Å²) < 4.78 is 42.5. The van der Waals surface area contributed by atoms with Crippen LogP contribution in [-0.2, 0) is 6.42 Å². The van der Waals surface area contributed by atoms with E-state index in [1.807, 2.05) is 51.4 Å². The lowest BCUT2D eigenvalue weighted by Crippen LogP contribution is -2.29. The summed E-state index contributed by atoms with van der Waals surface area (Å²) in [5.41, 5.74) is 3.32. The fourth-order valence-corrected chi connectivity index (χ4v) is 3.49. The summed E-state index contributed by atoms with van der Waals surface area (Å²) >= 11 is 0. The van der Waals surface area contributed by atoms with E-state index in [1.54, 1.807) is 29.0 Å². The number of likely N-dealkylation sites (N-methyl/N-ethyl adjacent to an activating group) is 1. The maximum absolute atomic E-state index is 14.2. The number of nitrogens with zero attached hydrogens (tertiary/aromatic N) is 2. The summed E-state index contributed by atoms with van der Waals surface area (Å²) in [6.07, 6.45) is -4.28. The lowest BCUT2D eigenvalue weighted by Gasteiger charge is -2.35. The zero-order chi connectivity index (χ0) is 19.9. The third-order valence-corrected chi connectivity index (χ3v) is 4.93. The maximum atomic E-state index is 14.2. The molecule has 1 aliphatic heterocycles. The van der Waals surface area contributed by atoms with E-state index in [0.717, 1.165) is 16.8 Å². The summed E-state index contributed by atoms with van der Waals surface area (Å²) in [5, 5.41) is 0. The molecule has 2 aromatic rings. The molecule has 0 saturated heterocycles. The quantitative estimate of drug-likeness (QED) is 0.694. The Bertz CT molecular complexity index is 923. The molecule has 0 aromatic heterocycles. The lowest BCUT2D eigenvalue weighted by atomic mass is 9.87. The van der Waals surface area contributed by atoms with Gasteiger partial charge in [0.15, 0.2) is 0 Å². The minimum Gasteiger partial charge on any atom is -0.378 e. The van der Waals surface area contributed by atoms with E-state index < -0.39 is 11.7 Å². The number of benzene rings is 2. The van der Waals surface area contributed by atoms with Crippen molar-refractivity contribution in [2.45, 2.75) is 19.5 Å². The van der Waals surface area contributed by atoms with E-state index in [0.29, 0.717) is 11.4 Å². The Morgan fingerprint density at radius 2 is 1.78 bits per heavy atom. The highest BCUT2D eigenvalue weighted by molar-refractivity contribution is 5.90. The SMILES string of the molecule is C=C1C(Cc2cccc(C)c2)=C(C(F)(F)F)c2cc(N(C)C)ccc2N1C. The van der Waals surface area contributed by atoms with E-state index in [9.17, 15) is 13.2 Å². The zero-order valence-corrected chi connectivity index (χ0v) is 16.0. The molecular weight excluding hydrogens is 349 g/mol. The minimum absolute atomic E-state index is 0.186. The number of hydrogen-bond acceptors (Lipinski definition) is 2. The highest BCUT2D eigenvalue weighted by Crippen LogP contribution is 2.48. The van der Waals surface area contributed by atoms with Crippen molar-refractivity contribution in [1.29, 1.82) is 0 Å². The van der Waals surface area contributed by atoms with Gasteiger partial charge in [0, 0.05) is 50.2 Å². The first-order valence-corrected chi connectivity index (χ1v) is 8.70. The summed E-state index contributed by atoms with van der Waals surface area (Å²) in [6.45, 7) is 5.91. The molecule has 2 aromatic carbocycles. The molecule has 0 unspecified atom stereocenters. The van der Waals surface area contributed by atoms with E-state index in [-0.39, 0.29) is 17.6 Å². The monoisotopic (exact) mass is 372 g/mol. The smallest absolute Gasteiger partial charge is 0.378 e. The first-order chi connectivity index (χ1) is 12.6. The molecule has 0 aliphatic carbocycles. The molecule has 27 heavy (non-hydrogen) atoms. The highest BCUT2D eigenvalue weighted by Gasteiger charge is 2.42. The van der Waals surface area contributed by atoms with Gasteiger partial charge < -0.3 is 9.80 Å². The predicted octanol–water partition coefficient (Wildman–Crippen LogP) is 5.58. The van der Waals surface area contributed by atoms with Crippen LogP contribution in [0.3, 0.4) is 0 Å². The predicted molar refractivity (Wildman–Crippen MR) is 106 cm³/mol. The number of anilines is 2.